The van der Waals surface area contributed by atoms with Gasteiger partial charge in [-0.15, -0.1) is 0 Å². The second-order valence-electron chi connectivity index (χ2n) is 8.18. The molecule has 0 radical (unpaired) electrons. The van der Waals surface area contributed by atoms with E-state index in [4.69, 9.17) is 18.8 Å². The van der Waals surface area contributed by atoms with Gasteiger partial charge in [0.1, 0.15) is 12.2 Å². The van der Waals surface area contributed by atoms with Gasteiger partial charge < -0.3 is 9.16 Å². The first-order valence-electron chi connectivity index (χ1n) is 9.45. The van der Waals surface area contributed by atoms with Crippen molar-refractivity contribution in [2.75, 3.05) is 13.2 Å². The van der Waals surface area contributed by atoms with Gasteiger partial charge in [-0.25, -0.2) is 4.79 Å². The summed E-state index contributed by atoms with van der Waals surface area (Å²) in [5.74, 6) is 0.428. The average Bonchev–Trinajstić information content (AvgIpc) is 3.14. The molecule has 7 heteroatoms. The second-order valence-corrected chi connectivity index (χ2v) is 12.3. The predicted molar refractivity (Wildman–Crippen MR) is 89.3 cm³/mol. The summed E-state index contributed by atoms with van der Waals surface area (Å²) in [5.41, 5.74) is -0.823. The number of hydrogen-bond donors (Lipinski definition) is 0. The maximum atomic E-state index is 13.0. The molecule has 6 nitrogen and oxygen atoms in total. The van der Waals surface area contributed by atoms with Crippen LogP contribution in [0.2, 0.25) is 18.6 Å². The summed E-state index contributed by atoms with van der Waals surface area (Å²) < 4.78 is 12.0. The van der Waals surface area contributed by atoms with E-state index in [0.29, 0.717) is 19.1 Å². The van der Waals surface area contributed by atoms with E-state index in [1.807, 2.05) is 6.92 Å². The molecule has 4 fully saturated rings. The molecule has 0 bridgehead atoms. The fourth-order valence-corrected chi connectivity index (χ4v) is 8.26. The minimum atomic E-state index is -2.04. The van der Waals surface area contributed by atoms with Crippen molar-refractivity contribution in [2.24, 2.45) is 5.92 Å². The van der Waals surface area contributed by atoms with Crippen LogP contribution < -0.4 is 0 Å². The van der Waals surface area contributed by atoms with E-state index in [1.165, 1.54) is 37.3 Å². The molecule has 0 unspecified atom stereocenters. The van der Waals surface area contributed by atoms with Gasteiger partial charge in [-0.3, -0.25) is 9.68 Å². The van der Waals surface area contributed by atoms with Gasteiger partial charge in [-0.05, 0) is 37.6 Å². The SMILES string of the molecule is CCOC(=O)[C@@]12[C@H]3CON1O[C@@H](CC1CCCCC1)[C@@H]2O[Si]3(C)C. The highest BCUT2D eigenvalue weighted by molar-refractivity contribution is 6.74. The fourth-order valence-electron chi connectivity index (χ4n) is 5.19. The Balaban J connectivity index is 1.62. The monoisotopic (exact) mass is 355 g/mol. The summed E-state index contributed by atoms with van der Waals surface area (Å²) >= 11 is 0. The molecule has 0 aromatic heterocycles. The minimum absolute atomic E-state index is 0.0606. The van der Waals surface area contributed by atoms with Crippen LogP contribution in [0, 0.1) is 5.92 Å². The standard InChI is InChI=1S/C17H29NO5Si/c1-4-20-16(19)17-14-11-21-18(17)22-13(15(17)23-24(14,2)3)10-12-8-6-5-7-9-12/h12-15H,4-11H2,1-3H3/t13-,14+,15-,17-/m0/s1. The van der Waals surface area contributed by atoms with Gasteiger partial charge in [0.15, 0.2) is 8.32 Å². The third-order valence-corrected chi connectivity index (χ3v) is 9.50. The second kappa shape index (κ2) is 6.05. The van der Waals surface area contributed by atoms with Gasteiger partial charge in [0.2, 0.25) is 5.54 Å². The molecule has 0 spiro atoms. The highest BCUT2D eigenvalue weighted by atomic mass is 28.4. The molecule has 0 amide bonds. The predicted octanol–water partition coefficient (Wildman–Crippen LogP) is 2.79. The Hall–Kier alpha value is -0.473. The zero-order chi connectivity index (χ0) is 16.9. The molecule has 1 aliphatic carbocycles. The molecule has 136 valence electrons. The van der Waals surface area contributed by atoms with Crippen LogP contribution in [0.3, 0.4) is 0 Å². The quantitative estimate of drug-likeness (QED) is 0.571. The van der Waals surface area contributed by atoms with Crippen LogP contribution >= 0.6 is 0 Å². The Labute approximate surface area is 144 Å². The minimum Gasteiger partial charge on any atom is -0.464 e. The smallest absolute Gasteiger partial charge is 0.334 e. The summed E-state index contributed by atoms with van der Waals surface area (Å²) in [4.78, 5) is 24.8. The molecule has 1 saturated carbocycles. The Morgan fingerprint density at radius 3 is 2.75 bits per heavy atom. The Morgan fingerprint density at radius 1 is 1.29 bits per heavy atom. The van der Waals surface area contributed by atoms with Crippen molar-refractivity contribution < 1.29 is 23.6 Å². The zero-order valence-electron chi connectivity index (χ0n) is 15.0. The number of esters is 1. The van der Waals surface area contributed by atoms with Crippen molar-refractivity contribution in [3.63, 3.8) is 0 Å². The van der Waals surface area contributed by atoms with Crippen molar-refractivity contribution >= 4 is 14.3 Å². The number of carbonyl (C=O) groups is 1. The maximum absolute atomic E-state index is 13.0. The summed E-state index contributed by atoms with van der Waals surface area (Å²) in [6.45, 7) is 7.06. The van der Waals surface area contributed by atoms with Crippen molar-refractivity contribution in [2.45, 2.75) is 81.8 Å². The van der Waals surface area contributed by atoms with E-state index in [0.717, 1.165) is 6.42 Å². The molecule has 3 saturated heterocycles. The third-order valence-electron chi connectivity index (χ3n) is 6.36. The van der Waals surface area contributed by atoms with Crippen LogP contribution in [0.25, 0.3) is 0 Å². The molecule has 4 rings (SSSR count). The maximum Gasteiger partial charge on any atom is 0.334 e. The summed E-state index contributed by atoms with van der Waals surface area (Å²) in [5, 5.41) is 1.47. The van der Waals surface area contributed by atoms with E-state index >= 15 is 0 Å². The van der Waals surface area contributed by atoms with Crippen LogP contribution in [0.15, 0.2) is 0 Å². The molecule has 0 aromatic carbocycles. The van der Waals surface area contributed by atoms with E-state index in [2.05, 4.69) is 13.1 Å². The lowest BCUT2D eigenvalue weighted by Crippen LogP contribution is -2.54. The van der Waals surface area contributed by atoms with Crippen molar-refractivity contribution in [3.8, 4) is 0 Å². The normalized spacial score (nSPS) is 41.5. The number of rotatable bonds is 4. The molecule has 24 heavy (non-hydrogen) atoms. The molecule has 0 N–H and O–H groups in total. The fraction of sp³-hybridized carbons (Fsp3) is 0.941. The van der Waals surface area contributed by atoms with E-state index in [1.54, 1.807) is 0 Å². The van der Waals surface area contributed by atoms with Gasteiger partial charge in [0, 0.05) is 5.54 Å². The molecule has 3 aliphatic heterocycles. The first kappa shape index (κ1) is 17.0. The van der Waals surface area contributed by atoms with Crippen LogP contribution in [0.4, 0.5) is 0 Å². The number of ether oxygens (including phenoxy) is 1. The lowest BCUT2D eigenvalue weighted by molar-refractivity contribution is -0.356. The van der Waals surface area contributed by atoms with E-state index in [9.17, 15) is 4.79 Å². The Morgan fingerprint density at radius 2 is 2.04 bits per heavy atom. The zero-order valence-corrected chi connectivity index (χ0v) is 16.0. The summed E-state index contributed by atoms with van der Waals surface area (Å²) in [6.07, 6.45) is 7.04. The lowest BCUT2D eigenvalue weighted by Gasteiger charge is -2.28. The summed E-state index contributed by atoms with van der Waals surface area (Å²) in [7, 11) is -2.04. The molecular formula is C17H29NO5Si. The molecule has 0 aromatic rings. The van der Waals surface area contributed by atoms with Gasteiger partial charge in [0.25, 0.3) is 0 Å². The van der Waals surface area contributed by atoms with E-state index in [-0.39, 0.29) is 23.7 Å². The van der Waals surface area contributed by atoms with Crippen LogP contribution in [-0.2, 0) is 23.6 Å². The molecular weight excluding hydrogens is 326 g/mol. The van der Waals surface area contributed by atoms with Gasteiger partial charge in [-0.1, -0.05) is 32.1 Å². The first-order valence-corrected chi connectivity index (χ1v) is 12.4. The highest BCUT2D eigenvalue weighted by Crippen LogP contribution is 2.59. The number of hydroxylamine groups is 2. The number of nitrogens with zero attached hydrogens (tertiary/aromatic N) is 1. The van der Waals surface area contributed by atoms with Crippen LogP contribution in [-0.4, -0.2) is 50.5 Å². The number of hydrogen-bond acceptors (Lipinski definition) is 6. The lowest BCUT2D eigenvalue weighted by atomic mass is 9.80. The third kappa shape index (κ3) is 2.32. The molecule has 4 aliphatic rings. The molecule has 3 heterocycles. The Kier molecular flexibility index (Phi) is 4.28. The van der Waals surface area contributed by atoms with Gasteiger partial charge in [0.05, 0.1) is 13.2 Å². The van der Waals surface area contributed by atoms with E-state index < -0.39 is 13.9 Å². The highest BCUT2D eigenvalue weighted by Gasteiger charge is 2.78. The van der Waals surface area contributed by atoms with Crippen molar-refractivity contribution in [3.05, 3.63) is 0 Å². The van der Waals surface area contributed by atoms with Crippen LogP contribution in [0.1, 0.15) is 45.4 Å². The Bertz CT molecular complexity index is 509. The molecule has 4 atom stereocenters. The van der Waals surface area contributed by atoms with Crippen molar-refractivity contribution in [1.29, 1.82) is 0 Å². The van der Waals surface area contributed by atoms with Crippen molar-refractivity contribution in [1.82, 2.24) is 5.23 Å². The van der Waals surface area contributed by atoms with Gasteiger partial charge >= 0.3 is 5.97 Å². The topological polar surface area (TPSA) is 57.2 Å². The van der Waals surface area contributed by atoms with Crippen LogP contribution in [0.5, 0.6) is 0 Å². The first-order chi connectivity index (χ1) is 11.5. The largest absolute Gasteiger partial charge is 0.464 e. The average molecular weight is 356 g/mol. The summed E-state index contributed by atoms with van der Waals surface area (Å²) in [6, 6.07) is 0. The number of carbonyl (C=O) groups excluding carboxylic acids is 1. The van der Waals surface area contributed by atoms with Gasteiger partial charge in [-0.2, -0.15) is 0 Å².